The molecule has 2 aromatic rings. The molecule has 0 saturated heterocycles. The monoisotopic (exact) mass is 329 g/mol. The fraction of sp³-hybridized carbons (Fsp3) is 0.294. The lowest BCUT2D eigenvalue weighted by Gasteiger charge is -2.27. The summed E-state index contributed by atoms with van der Waals surface area (Å²) in [6.07, 6.45) is 2.82. The SMILES string of the molecule is COC(=O)[C@](C)(COc1ccccc1)NC(=O)c1cnc(C)cn1. The molecule has 24 heavy (non-hydrogen) atoms. The van der Waals surface area contributed by atoms with Crippen LogP contribution in [0.3, 0.4) is 0 Å². The number of nitrogens with one attached hydrogen (secondary N) is 1. The maximum absolute atomic E-state index is 12.3. The van der Waals surface area contributed by atoms with Crippen molar-refractivity contribution in [3.05, 3.63) is 54.1 Å². The Bertz CT molecular complexity index is 704. The van der Waals surface area contributed by atoms with Crippen molar-refractivity contribution in [2.24, 2.45) is 0 Å². The third-order valence-electron chi connectivity index (χ3n) is 3.31. The summed E-state index contributed by atoms with van der Waals surface area (Å²) in [4.78, 5) is 32.5. The standard InChI is InChI=1S/C17H19N3O4/c1-12-9-19-14(10-18-12)15(21)20-17(2,16(22)23-3)11-24-13-7-5-4-6-8-13/h4-10H,11H2,1-3H3,(H,20,21)/t17-/m0/s1. The predicted molar refractivity (Wildman–Crippen MR) is 86.6 cm³/mol. The van der Waals surface area contributed by atoms with Crippen LogP contribution in [0.2, 0.25) is 0 Å². The van der Waals surface area contributed by atoms with Crippen molar-refractivity contribution < 1.29 is 19.1 Å². The van der Waals surface area contributed by atoms with Crippen molar-refractivity contribution in [3.63, 3.8) is 0 Å². The van der Waals surface area contributed by atoms with Crippen LogP contribution in [0.1, 0.15) is 23.1 Å². The third kappa shape index (κ3) is 4.28. The first kappa shape index (κ1) is 17.4. The Hall–Kier alpha value is -2.96. The van der Waals surface area contributed by atoms with Gasteiger partial charge in [0.05, 0.1) is 19.0 Å². The molecular formula is C17H19N3O4. The molecule has 7 heteroatoms. The molecule has 1 atom stereocenters. The van der Waals surface area contributed by atoms with Crippen LogP contribution in [0.25, 0.3) is 0 Å². The van der Waals surface area contributed by atoms with Crippen LogP contribution < -0.4 is 10.1 Å². The van der Waals surface area contributed by atoms with E-state index in [9.17, 15) is 9.59 Å². The summed E-state index contributed by atoms with van der Waals surface area (Å²) in [6.45, 7) is 3.21. The maximum atomic E-state index is 12.3. The lowest BCUT2D eigenvalue weighted by atomic mass is 10.0. The van der Waals surface area contributed by atoms with Gasteiger partial charge >= 0.3 is 5.97 Å². The van der Waals surface area contributed by atoms with E-state index in [2.05, 4.69) is 15.3 Å². The van der Waals surface area contributed by atoms with Crippen molar-refractivity contribution in [2.75, 3.05) is 13.7 Å². The van der Waals surface area contributed by atoms with E-state index >= 15 is 0 Å². The van der Waals surface area contributed by atoms with Gasteiger partial charge in [-0.25, -0.2) is 9.78 Å². The number of carbonyl (C=O) groups is 2. The molecule has 2 rings (SSSR count). The number of hydrogen-bond donors (Lipinski definition) is 1. The number of hydrogen-bond acceptors (Lipinski definition) is 6. The van der Waals surface area contributed by atoms with E-state index in [1.54, 1.807) is 19.1 Å². The molecule has 1 heterocycles. The molecule has 126 valence electrons. The summed E-state index contributed by atoms with van der Waals surface area (Å²) in [5, 5.41) is 2.61. The quantitative estimate of drug-likeness (QED) is 0.808. The molecule has 0 fully saturated rings. The number of ether oxygens (including phenoxy) is 2. The van der Waals surface area contributed by atoms with Gasteiger partial charge in [-0.1, -0.05) is 18.2 Å². The number of carbonyl (C=O) groups excluding carboxylic acids is 2. The van der Waals surface area contributed by atoms with Crippen molar-refractivity contribution in [1.29, 1.82) is 0 Å². The minimum atomic E-state index is -1.37. The minimum absolute atomic E-state index is 0.0886. The second-order valence-corrected chi connectivity index (χ2v) is 5.42. The Morgan fingerprint density at radius 1 is 1.17 bits per heavy atom. The molecule has 0 aliphatic heterocycles. The number of benzene rings is 1. The van der Waals surface area contributed by atoms with Crippen LogP contribution >= 0.6 is 0 Å². The zero-order valence-corrected chi connectivity index (χ0v) is 13.8. The summed E-state index contributed by atoms with van der Waals surface area (Å²) in [7, 11) is 1.25. The van der Waals surface area contributed by atoms with Gasteiger partial charge in [0.25, 0.3) is 5.91 Å². The van der Waals surface area contributed by atoms with E-state index in [4.69, 9.17) is 9.47 Å². The Kier molecular flexibility index (Phi) is 5.47. The van der Waals surface area contributed by atoms with Gasteiger partial charge in [-0.2, -0.15) is 0 Å². The van der Waals surface area contributed by atoms with Gasteiger partial charge in [0.2, 0.25) is 0 Å². The van der Waals surface area contributed by atoms with E-state index in [1.807, 2.05) is 18.2 Å². The first-order valence-electron chi connectivity index (χ1n) is 7.32. The summed E-state index contributed by atoms with van der Waals surface area (Å²) >= 11 is 0. The highest BCUT2D eigenvalue weighted by Crippen LogP contribution is 2.14. The fourth-order valence-corrected chi connectivity index (χ4v) is 1.94. The van der Waals surface area contributed by atoms with Crippen LogP contribution in [-0.4, -0.2) is 41.1 Å². The molecule has 0 bridgehead atoms. The summed E-state index contributed by atoms with van der Waals surface area (Å²) in [5.41, 5.74) is -0.570. The second-order valence-electron chi connectivity index (χ2n) is 5.42. The average Bonchev–Trinajstić information content (AvgIpc) is 2.60. The van der Waals surface area contributed by atoms with Gasteiger partial charge in [-0.05, 0) is 26.0 Å². The smallest absolute Gasteiger partial charge is 0.334 e. The van der Waals surface area contributed by atoms with Gasteiger partial charge < -0.3 is 14.8 Å². The molecule has 1 aromatic carbocycles. The highest BCUT2D eigenvalue weighted by Gasteiger charge is 2.38. The molecule has 1 aromatic heterocycles. The molecular weight excluding hydrogens is 310 g/mol. The lowest BCUT2D eigenvalue weighted by molar-refractivity contribution is -0.148. The second kappa shape index (κ2) is 7.54. The van der Waals surface area contributed by atoms with Crippen molar-refractivity contribution in [1.82, 2.24) is 15.3 Å². The number of amides is 1. The molecule has 0 saturated carbocycles. The Morgan fingerprint density at radius 2 is 1.88 bits per heavy atom. The van der Waals surface area contributed by atoms with Gasteiger partial charge in [-0.15, -0.1) is 0 Å². The highest BCUT2D eigenvalue weighted by atomic mass is 16.5. The summed E-state index contributed by atoms with van der Waals surface area (Å²) in [5.74, 6) is -0.573. The third-order valence-corrected chi connectivity index (χ3v) is 3.31. The largest absolute Gasteiger partial charge is 0.491 e. The van der Waals surface area contributed by atoms with E-state index in [-0.39, 0.29) is 12.3 Å². The van der Waals surface area contributed by atoms with Crippen LogP contribution in [0.15, 0.2) is 42.7 Å². The van der Waals surface area contributed by atoms with Crippen molar-refractivity contribution in [2.45, 2.75) is 19.4 Å². The highest BCUT2D eigenvalue weighted by molar-refractivity contribution is 5.96. The van der Waals surface area contributed by atoms with Gasteiger partial charge in [0, 0.05) is 6.20 Å². The Balaban J connectivity index is 2.13. The number of nitrogens with zero attached hydrogens (tertiary/aromatic N) is 2. The van der Waals surface area contributed by atoms with Gasteiger partial charge in [0.15, 0.2) is 5.54 Å². The average molecular weight is 329 g/mol. The zero-order chi connectivity index (χ0) is 17.6. The maximum Gasteiger partial charge on any atom is 0.334 e. The molecule has 0 aliphatic rings. The van der Waals surface area contributed by atoms with Gasteiger partial charge in [0.1, 0.15) is 18.1 Å². The summed E-state index contributed by atoms with van der Waals surface area (Å²) in [6, 6.07) is 8.98. The first-order valence-corrected chi connectivity index (χ1v) is 7.32. The number of methoxy groups -OCH3 is 1. The minimum Gasteiger partial charge on any atom is -0.491 e. The number of aromatic nitrogens is 2. The zero-order valence-electron chi connectivity index (χ0n) is 13.8. The lowest BCUT2D eigenvalue weighted by Crippen LogP contribution is -2.56. The van der Waals surface area contributed by atoms with Crippen molar-refractivity contribution >= 4 is 11.9 Å². The molecule has 0 aliphatic carbocycles. The van der Waals surface area contributed by atoms with Crippen LogP contribution in [0, 0.1) is 6.92 Å². The van der Waals surface area contributed by atoms with E-state index in [0.717, 1.165) is 0 Å². The number of rotatable bonds is 6. The van der Waals surface area contributed by atoms with E-state index < -0.39 is 17.4 Å². The number of esters is 1. The molecule has 0 radical (unpaired) electrons. The fourth-order valence-electron chi connectivity index (χ4n) is 1.94. The van der Waals surface area contributed by atoms with E-state index in [0.29, 0.717) is 11.4 Å². The van der Waals surface area contributed by atoms with Crippen LogP contribution in [0.5, 0.6) is 5.75 Å². The topological polar surface area (TPSA) is 90.4 Å². The molecule has 0 unspecified atom stereocenters. The first-order chi connectivity index (χ1) is 11.4. The predicted octanol–water partition coefficient (Wildman–Crippen LogP) is 1.53. The van der Waals surface area contributed by atoms with Crippen LogP contribution in [-0.2, 0) is 9.53 Å². The molecule has 0 spiro atoms. The normalized spacial score (nSPS) is 12.8. The van der Waals surface area contributed by atoms with Crippen molar-refractivity contribution in [3.8, 4) is 5.75 Å². The Morgan fingerprint density at radius 3 is 2.46 bits per heavy atom. The molecule has 1 N–H and O–H groups in total. The number of para-hydroxylation sites is 1. The molecule has 1 amide bonds. The van der Waals surface area contributed by atoms with E-state index in [1.165, 1.54) is 26.4 Å². The summed E-state index contributed by atoms with van der Waals surface area (Å²) < 4.78 is 10.4. The number of aryl methyl sites for hydroxylation is 1. The Labute approximate surface area is 140 Å². The molecule has 7 nitrogen and oxygen atoms in total. The van der Waals surface area contributed by atoms with Gasteiger partial charge in [-0.3, -0.25) is 9.78 Å². The van der Waals surface area contributed by atoms with Crippen LogP contribution in [0.4, 0.5) is 0 Å².